The molecule has 0 radical (unpaired) electrons. The molecule has 2 N–H and O–H groups in total. The highest BCUT2D eigenvalue weighted by molar-refractivity contribution is 5.14. The van der Waals surface area contributed by atoms with Gasteiger partial charge in [0.15, 0.2) is 0 Å². The molecule has 2 atom stereocenters. The van der Waals surface area contributed by atoms with E-state index in [0.717, 1.165) is 32.5 Å². The number of nitrogens with one attached hydrogen (secondary N) is 1. The van der Waals surface area contributed by atoms with Gasteiger partial charge in [-0.3, -0.25) is 0 Å². The van der Waals surface area contributed by atoms with E-state index in [2.05, 4.69) is 54.4 Å². The van der Waals surface area contributed by atoms with Gasteiger partial charge >= 0.3 is 0 Å². The average molecular weight is 290 g/mol. The molecule has 0 bridgehead atoms. The minimum absolute atomic E-state index is 0.205. The predicted octanol–water partition coefficient (Wildman–Crippen LogP) is 2.30. The van der Waals surface area contributed by atoms with Crippen LogP contribution < -0.4 is 5.32 Å². The van der Waals surface area contributed by atoms with Gasteiger partial charge in [-0.2, -0.15) is 0 Å². The second-order valence-corrected chi connectivity index (χ2v) is 6.71. The zero-order valence-corrected chi connectivity index (χ0v) is 13.5. The lowest BCUT2D eigenvalue weighted by Crippen LogP contribution is -2.38. The van der Waals surface area contributed by atoms with Crippen LogP contribution in [0.4, 0.5) is 0 Å². The normalized spacial score (nSPS) is 21.0. The van der Waals surface area contributed by atoms with Gasteiger partial charge in [0.05, 0.1) is 6.10 Å². The van der Waals surface area contributed by atoms with Crippen molar-refractivity contribution in [2.45, 2.75) is 45.3 Å². The molecule has 1 fully saturated rings. The Balaban J connectivity index is 1.62. The third-order valence-electron chi connectivity index (χ3n) is 4.22. The number of benzene rings is 1. The molecule has 0 saturated carbocycles. The molecule has 1 aliphatic heterocycles. The zero-order valence-electron chi connectivity index (χ0n) is 13.5. The minimum atomic E-state index is -0.205. The van der Waals surface area contributed by atoms with E-state index in [-0.39, 0.29) is 6.10 Å². The molecule has 0 amide bonds. The summed E-state index contributed by atoms with van der Waals surface area (Å²) in [7, 11) is 0. The maximum atomic E-state index is 9.92. The molecule has 1 aliphatic rings. The maximum absolute atomic E-state index is 9.92. The first-order valence-electron chi connectivity index (χ1n) is 8.31. The lowest BCUT2D eigenvalue weighted by atomic mass is 10.1. The molecule has 3 nitrogen and oxygen atoms in total. The first-order chi connectivity index (χ1) is 10.1. The number of nitrogens with zero attached hydrogens (tertiary/aromatic N) is 1. The second-order valence-electron chi connectivity index (χ2n) is 6.71. The van der Waals surface area contributed by atoms with Crippen molar-refractivity contribution in [1.29, 1.82) is 0 Å². The first-order valence-corrected chi connectivity index (χ1v) is 8.31. The molecule has 2 rings (SSSR count). The molecule has 0 aromatic heterocycles. The van der Waals surface area contributed by atoms with Crippen LogP contribution in [0.2, 0.25) is 0 Å². The summed E-state index contributed by atoms with van der Waals surface area (Å²) < 4.78 is 0. The third-order valence-corrected chi connectivity index (χ3v) is 4.22. The second kappa shape index (κ2) is 8.52. The lowest BCUT2D eigenvalue weighted by Gasteiger charge is -2.19. The molecular formula is C18H30N2O. The molecule has 118 valence electrons. The Morgan fingerprint density at radius 3 is 2.76 bits per heavy atom. The summed E-state index contributed by atoms with van der Waals surface area (Å²) in [6, 6.07) is 11.2. The van der Waals surface area contributed by atoms with Gasteiger partial charge in [0, 0.05) is 25.7 Å². The number of rotatable bonds is 8. The standard InChI is InChI=1S/C18H30N2O/c1-15(2)12-18(21)13-19-17-9-11-20(14-17)10-8-16-6-4-3-5-7-16/h3-7,15,17-19,21H,8-14H2,1-2H3. The number of aliphatic hydroxyl groups excluding tert-OH is 1. The molecule has 1 aromatic rings. The molecule has 1 saturated heterocycles. The number of aliphatic hydroxyl groups is 1. The van der Waals surface area contributed by atoms with E-state index < -0.39 is 0 Å². The van der Waals surface area contributed by atoms with Crippen molar-refractivity contribution < 1.29 is 5.11 Å². The molecule has 1 aromatic carbocycles. The van der Waals surface area contributed by atoms with Crippen LogP contribution in [0.25, 0.3) is 0 Å². The van der Waals surface area contributed by atoms with E-state index in [1.54, 1.807) is 0 Å². The van der Waals surface area contributed by atoms with Gasteiger partial charge in [0.2, 0.25) is 0 Å². The Kier molecular flexibility index (Phi) is 6.68. The van der Waals surface area contributed by atoms with E-state index >= 15 is 0 Å². The molecule has 21 heavy (non-hydrogen) atoms. The van der Waals surface area contributed by atoms with Crippen LogP contribution in [0.5, 0.6) is 0 Å². The summed E-state index contributed by atoms with van der Waals surface area (Å²) in [4.78, 5) is 2.53. The topological polar surface area (TPSA) is 35.5 Å². The summed E-state index contributed by atoms with van der Waals surface area (Å²) in [6.07, 6.45) is 3.01. The predicted molar refractivity (Wildman–Crippen MR) is 88.5 cm³/mol. The minimum Gasteiger partial charge on any atom is -0.392 e. The average Bonchev–Trinajstić information content (AvgIpc) is 2.91. The Morgan fingerprint density at radius 1 is 1.29 bits per heavy atom. The van der Waals surface area contributed by atoms with Crippen LogP contribution in [0.15, 0.2) is 30.3 Å². The summed E-state index contributed by atoms with van der Waals surface area (Å²) >= 11 is 0. The van der Waals surface area contributed by atoms with E-state index in [0.29, 0.717) is 12.0 Å². The summed E-state index contributed by atoms with van der Waals surface area (Å²) in [5.41, 5.74) is 1.42. The zero-order chi connectivity index (χ0) is 15.1. The van der Waals surface area contributed by atoms with Crippen molar-refractivity contribution in [2.24, 2.45) is 5.92 Å². The van der Waals surface area contributed by atoms with Crippen molar-refractivity contribution in [3.8, 4) is 0 Å². The highest BCUT2D eigenvalue weighted by atomic mass is 16.3. The molecule has 1 heterocycles. The molecule has 3 heteroatoms. The Hall–Kier alpha value is -0.900. The van der Waals surface area contributed by atoms with Gasteiger partial charge in [-0.1, -0.05) is 44.2 Å². The quantitative estimate of drug-likeness (QED) is 0.771. The number of likely N-dealkylation sites (tertiary alicyclic amines) is 1. The van der Waals surface area contributed by atoms with Crippen LogP contribution in [0, 0.1) is 5.92 Å². The highest BCUT2D eigenvalue weighted by Crippen LogP contribution is 2.11. The van der Waals surface area contributed by atoms with Crippen LogP contribution in [-0.4, -0.2) is 48.3 Å². The maximum Gasteiger partial charge on any atom is 0.0667 e. The monoisotopic (exact) mass is 290 g/mol. The van der Waals surface area contributed by atoms with E-state index in [4.69, 9.17) is 0 Å². The lowest BCUT2D eigenvalue weighted by molar-refractivity contribution is 0.142. The fourth-order valence-electron chi connectivity index (χ4n) is 3.06. The fraction of sp³-hybridized carbons (Fsp3) is 0.667. The van der Waals surface area contributed by atoms with Crippen LogP contribution in [-0.2, 0) is 6.42 Å². The van der Waals surface area contributed by atoms with E-state index in [1.807, 2.05) is 0 Å². The van der Waals surface area contributed by atoms with Gasteiger partial charge in [-0.25, -0.2) is 0 Å². The van der Waals surface area contributed by atoms with Crippen molar-refractivity contribution in [2.75, 3.05) is 26.2 Å². The van der Waals surface area contributed by atoms with Crippen molar-refractivity contribution >= 4 is 0 Å². The van der Waals surface area contributed by atoms with Gasteiger partial charge in [-0.15, -0.1) is 0 Å². The Morgan fingerprint density at radius 2 is 2.05 bits per heavy atom. The number of hydrogen-bond donors (Lipinski definition) is 2. The molecule has 0 spiro atoms. The molecule has 2 unspecified atom stereocenters. The van der Waals surface area contributed by atoms with Gasteiger partial charge in [-0.05, 0) is 37.3 Å². The van der Waals surface area contributed by atoms with Gasteiger partial charge in [0.1, 0.15) is 0 Å². The van der Waals surface area contributed by atoms with Gasteiger partial charge < -0.3 is 15.3 Å². The largest absolute Gasteiger partial charge is 0.392 e. The molecule has 0 aliphatic carbocycles. The smallest absolute Gasteiger partial charge is 0.0667 e. The Bertz CT molecular complexity index is 393. The van der Waals surface area contributed by atoms with E-state index in [1.165, 1.54) is 18.5 Å². The number of hydrogen-bond acceptors (Lipinski definition) is 3. The van der Waals surface area contributed by atoms with Crippen LogP contribution in [0.3, 0.4) is 0 Å². The molecular weight excluding hydrogens is 260 g/mol. The van der Waals surface area contributed by atoms with Crippen LogP contribution >= 0.6 is 0 Å². The van der Waals surface area contributed by atoms with E-state index in [9.17, 15) is 5.11 Å². The highest BCUT2D eigenvalue weighted by Gasteiger charge is 2.22. The van der Waals surface area contributed by atoms with Crippen molar-refractivity contribution in [1.82, 2.24) is 10.2 Å². The SMILES string of the molecule is CC(C)CC(O)CNC1CCN(CCc2ccccc2)C1. The van der Waals surface area contributed by atoms with Crippen LogP contribution in [0.1, 0.15) is 32.3 Å². The summed E-state index contributed by atoms with van der Waals surface area (Å²) in [5, 5.41) is 13.4. The Labute approximate surface area is 129 Å². The van der Waals surface area contributed by atoms with Crippen molar-refractivity contribution in [3.63, 3.8) is 0 Å². The fourth-order valence-corrected chi connectivity index (χ4v) is 3.06. The summed E-state index contributed by atoms with van der Waals surface area (Å²) in [5.74, 6) is 0.563. The van der Waals surface area contributed by atoms with Gasteiger partial charge in [0.25, 0.3) is 0 Å². The summed E-state index contributed by atoms with van der Waals surface area (Å²) in [6.45, 7) is 8.46. The first kappa shape index (κ1) is 16.5. The van der Waals surface area contributed by atoms with Crippen molar-refractivity contribution in [3.05, 3.63) is 35.9 Å². The third kappa shape index (κ3) is 6.16.